The van der Waals surface area contributed by atoms with Crippen molar-refractivity contribution in [1.82, 2.24) is 19.7 Å². The number of fused-ring (bicyclic) bond motifs is 1. The van der Waals surface area contributed by atoms with Crippen LogP contribution in [0.3, 0.4) is 0 Å². The van der Waals surface area contributed by atoms with Crippen molar-refractivity contribution in [2.45, 2.75) is 6.92 Å². The molecule has 2 heterocycles. The van der Waals surface area contributed by atoms with Crippen molar-refractivity contribution in [3.05, 3.63) is 41.7 Å². The average Bonchev–Trinajstić information content (AvgIpc) is 3.09. The zero-order chi connectivity index (χ0) is 17.3. The zero-order valence-electron chi connectivity index (χ0n) is 14.8. The third-order valence-corrected chi connectivity index (χ3v) is 4.81. The number of halogens is 1. The molecule has 0 atom stereocenters. The molecule has 0 saturated heterocycles. The van der Waals surface area contributed by atoms with Crippen LogP contribution < -0.4 is 4.90 Å². The lowest BCUT2D eigenvalue weighted by molar-refractivity contribution is 0.0976. The zero-order valence-corrected chi connectivity index (χ0v) is 16.4. The van der Waals surface area contributed by atoms with Gasteiger partial charge in [-0.05, 0) is 39.2 Å². The van der Waals surface area contributed by atoms with Gasteiger partial charge < -0.3 is 4.90 Å². The van der Waals surface area contributed by atoms with Crippen LogP contribution in [0.25, 0.3) is 10.2 Å². The minimum absolute atomic E-state index is 0. The van der Waals surface area contributed by atoms with Crippen LogP contribution in [0.5, 0.6) is 0 Å². The van der Waals surface area contributed by atoms with E-state index in [0.717, 1.165) is 27.6 Å². The number of para-hydroxylation sites is 1. The Morgan fingerprint density at radius 3 is 2.56 bits per heavy atom. The highest BCUT2D eigenvalue weighted by Crippen LogP contribution is 2.29. The van der Waals surface area contributed by atoms with Crippen molar-refractivity contribution in [1.29, 1.82) is 0 Å². The first-order chi connectivity index (χ1) is 11.5. The van der Waals surface area contributed by atoms with Crippen molar-refractivity contribution in [3.63, 3.8) is 0 Å². The fourth-order valence-electron chi connectivity index (χ4n) is 2.51. The van der Waals surface area contributed by atoms with E-state index in [0.29, 0.717) is 12.2 Å². The summed E-state index contributed by atoms with van der Waals surface area (Å²) in [5.74, 6) is -0.0704. The Morgan fingerprint density at radius 2 is 1.96 bits per heavy atom. The number of benzene rings is 1. The minimum Gasteiger partial charge on any atom is -0.308 e. The predicted octanol–water partition coefficient (Wildman–Crippen LogP) is 2.97. The smallest absolute Gasteiger partial charge is 0.278 e. The van der Waals surface area contributed by atoms with Crippen LogP contribution in [0, 0.1) is 6.92 Å². The first kappa shape index (κ1) is 19.4. The van der Waals surface area contributed by atoms with Gasteiger partial charge in [-0.1, -0.05) is 23.5 Å². The monoisotopic (exact) mass is 379 g/mol. The summed E-state index contributed by atoms with van der Waals surface area (Å²) < 4.78 is 2.71. The number of aryl methyl sites for hydroxylation is 2. The molecule has 0 saturated carbocycles. The molecule has 6 nitrogen and oxygen atoms in total. The lowest BCUT2D eigenvalue weighted by Crippen LogP contribution is -2.37. The summed E-state index contributed by atoms with van der Waals surface area (Å²) in [6.07, 6.45) is 0. The van der Waals surface area contributed by atoms with Crippen LogP contribution in [-0.4, -0.2) is 52.8 Å². The van der Waals surface area contributed by atoms with Crippen molar-refractivity contribution < 1.29 is 4.79 Å². The van der Waals surface area contributed by atoms with E-state index >= 15 is 0 Å². The molecular formula is C17H22ClN5OS. The van der Waals surface area contributed by atoms with Crippen LogP contribution in [0.4, 0.5) is 5.13 Å². The molecule has 3 aromatic rings. The number of amides is 1. The summed E-state index contributed by atoms with van der Waals surface area (Å²) in [5.41, 5.74) is 2.32. The molecule has 0 unspecified atom stereocenters. The number of carbonyl (C=O) groups excluding carboxylic acids is 1. The van der Waals surface area contributed by atoms with Gasteiger partial charge in [0, 0.05) is 20.1 Å². The van der Waals surface area contributed by atoms with Crippen LogP contribution in [0.1, 0.15) is 16.2 Å². The maximum absolute atomic E-state index is 13.1. The summed E-state index contributed by atoms with van der Waals surface area (Å²) in [6, 6.07) is 9.76. The summed E-state index contributed by atoms with van der Waals surface area (Å²) in [4.78, 5) is 21.5. The average molecular weight is 380 g/mol. The van der Waals surface area contributed by atoms with Gasteiger partial charge in [-0.15, -0.1) is 12.4 Å². The predicted molar refractivity (Wildman–Crippen MR) is 105 cm³/mol. The molecule has 25 heavy (non-hydrogen) atoms. The van der Waals surface area contributed by atoms with E-state index < -0.39 is 0 Å². The molecule has 8 heteroatoms. The van der Waals surface area contributed by atoms with E-state index in [1.807, 2.05) is 51.4 Å². The second kappa shape index (κ2) is 7.95. The largest absolute Gasteiger partial charge is 0.308 e. The fourth-order valence-corrected chi connectivity index (χ4v) is 3.50. The Hall–Kier alpha value is -1.96. The normalized spacial score (nSPS) is 10.9. The van der Waals surface area contributed by atoms with Crippen molar-refractivity contribution >= 4 is 45.0 Å². The molecule has 134 valence electrons. The van der Waals surface area contributed by atoms with Gasteiger partial charge in [0.2, 0.25) is 0 Å². The number of likely N-dealkylation sites (N-methyl/N-ethyl adjacent to an activating group) is 1. The maximum Gasteiger partial charge on any atom is 0.278 e. The topological polar surface area (TPSA) is 54.3 Å². The standard InChI is InChI=1S/C17H21N5OS.ClH/c1-12-11-14(21(4)19-12)16(23)22(10-9-20(2)3)17-18-13-7-5-6-8-15(13)24-17;/h5-8,11H,9-10H2,1-4H3;1H. The van der Waals surface area contributed by atoms with Crippen LogP contribution in [0.15, 0.2) is 30.3 Å². The second-order valence-corrected chi connectivity index (χ2v) is 7.03. The first-order valence-corrected chi connectivity index (χ1v) is 8.60. The summed E-state index contributed by atoms with van der Waals surface area (Å²) in [5, 5.41) is 5.01. The van der Waals surface area contributed by atoms with Crippen molar-refractivity contribution in [2.24, 2.45) is 7.05 Å². The molecule has 0 radical (unpaired) electrons. The van der Waals surface area contributed by atoms with Crippen LogP contribution in [-0.2, 0) is 7.05 Å². The Bertz CT molecular complexity index is 840. The maximum atomic E-state index is 13.1. The van der Waals surface area contributed by atoms with Crippen molar-refractivity contribution in [3.8, 4) is 0 Å². The van der Waals surface area contributed by atoms with E-state index in [2.05, 4.69) is 15.0 Å². The third kappa shape index (κ3) is 4.18. The Balaban J connectivity index is 0.00000225. The number of anilines is 1. The molecule has 0 N–H and O–H groups in total. The number of hydrogen-bond acceptors (Lipinski definition) is 5. The Morgan fingerprint density at radius 1 is 1.24 bits per heavy atom. The summed E-state index contributed by atoms with van der Waals surface area (Å²) in [7, 11) is 5.78. The molecular weight excluding hydrogens is 358 g/mol. The fraction of sp³-hybridized carbons (Fsp3) is 0.353. The Kier molecular flexibility index (Phi) is 6.16. The lowest BCUT2D eigenvalue weighted by atomic mass is 10.3. The quantitative estimate of drug-likeness (QED) is 0.683. The first-order valence-electron chi connectivity index (χ1n) is 7.78. The Labute approximate surface area is 157 Å². The van der Waals surface area contributed by atoms with Gasteiger partial charge in [0.05, 0.1) is 15.9 Å². The number of carbonyl (C=O) groups is 1. The van der Waals surface area contributed by atoms with E-state index in [1.165, 1.54) is 11.3 Å². The van der Waals surface area contributed by atoms with Gasteiger partial charge in [0.15, 0.2) is 5.13 Å². The highest BCUT2D eigenvalue weighted by molar-refractivity contribution is 7.22. The molecule has 0 bridgehead atoms. The van der Waals surface area contributed by atoms with E-state index in [4.69, 9.17) is 0 Å². The molecule has 1 amide bonds. The summed E-state index contributed by atoms with van der Waals surface area (Å²) >= 11 is 1.54. The number of nitrogens with zero attached hydrogens (tertiary/aromatic N) is 5. The molecule has 0 spiro atoms. The highest BCUT2D eigenvalue weighted by Gasteiger charge is 2.24. The van der Waals surface area contributed by atoms with E-state index in [1.54, 1.807) is 16.6 Å². The van der Waals surface area contributed by atoms with Gasteiger partial charge in [0.25, 0.3) is 5.91 Å². The molecule has 1 aromatic carbocycles. The molecule has 0 aliphatic heterocycles. The number of thiazole rings is 1. The van der Waals surface area contributed by atoms with E-state index in [9.17, 15) is 4.79 Å². The molecule has 3 rings (SSSR count). The van der Waals surface area contributed by atoms with Crippen molar-refractivity contribution in [2.75, 3.05) is 32.1 Å². The second-order valence-electron chi connectivity index (χ2n) is 6.02. The third-order valence-electron chi connectivity index (χ3n) is 3.75. The van der Waals surface area contributed by atoms with Crippen LogP contribution in [0.2, 0.25) is 0 Å². The number of rotatable bonds is 5. The summed E-state index contributed by atoms with van der Waals surface area (Å²) in [6.45, 7) is 3.23. The van der Waals surface area contributed by atoms with Gasteiger partial charge in [0.1, 0.15) is 5.69 Å². The van der Waals surface area contributed by atoms with Gasteiger partial charge in [-0.2, -0.15) is 5.10 Å². The lowest BCUT2D eigenvalue weighted by Gasteiger charge is -2.21. The number of hydrogen-bond donors (Lipinski definition) is 0. The number of aromatic nitrogens is 3. The minimum atomic E-state index is -0.0704. The molecule has 0 aliphatic rings. The van der Waals surface area contributed by atoms with E-state index in [-0.39, 0.29) is 18.3 Å². The van der Waals surface area contributed by atoms with Gasteiger partial charge >= 0.3 is 0 Å². The van der Waals surface area contributed by atoms with Gasteiger partial charge in [-0.3, -0.25) is 14.4 Å². The molecule has 0 fully saturated rings. The SMILES string of the molecule is Cc1cc(C(=O)N(CCN(C)C)c2nc3ccccc3s2)n(C)n1.Cl. The molecule has 0 aliphatic carbocycles. The molecule has 2 aromatic heterocycles. The van der Waals surface area contributed by atoms with Crippen LogP contribution >= 0.6 is 23.7 Å². The van der Waals surface area contributed by atoms with Gasteiger partial charge in [-0.25, -0.2) is 4.98 Å². The highest BCUT2D eigenvalue weighted by atomic mass is 35.5.